The Balaban J connectivity index is 1.05. The van der Waals surface area contributed by atoms with Crippen LogP contribution < -0.4 is 15.2 Å². The predicted molar refractivity (Wildman–Crippen MR) is 205 cm³/mol. The van der Waals surface area contributed by atoms with Crippen LogP contribution in [0.25, 0.3) is 61.8 Å². The zero-order valence-electron chi connectivity index (χ0n) is 30.2. The van der Waals surface area contributed by atoms with Gasteiger partial charge in [0, 0.05) is 42.3 Å². The van der Waals surface area contributed by atoms with Crippen molar-refractivity contribution in [3.8, 4) is 28.6 Å². The number of rotatable bonds is 13. The van der Waals surface area contributed by atoms with Crippen LogP contribution in [0.2, 0.25) is 0 Å². The molecule has 8 aromatic rings. The number of nitrogens with zero attached hydrogens (tertiary/aromatic N) is 7. The van der Waals surface area contributed by atoms with Crippen molar-refractivity contribution in [3.63, 3.8) is 0 Å². The van der Waals surface area contributed by atoms with E-state index >= 15 is 0 Å². The van der Waals surface area contributed by atoms with Crippen molar-refractivity contribution in [2.24, 2.45) is 5.92 Å². The van der Waals surface area contributed by atoms with Gasteiger partial charge in [-0.1, -0.05) is 54.5 Å². The van der Waals surface area contributed by atoms with Gasteiger partial charge in [0.25, 0.3) is 0 Å². The Kier molecular flexibility index (Phi) is 8.62. The second-order valence-corrected chi connectivity index (χ2v) is 13.8. The molecule has 2 aromatic carbocycles. The third kappa shape index (κ3) is 6.58. The van der Waals surface area contributed by atoms with Crippen molar-refractivity contribution in [2.45, 2.75) is 46.0 Å². The molecule has 0 spiro atoms. The van der Waals surface area contributed by atoms with E-state index in [-0.39, 0.29) is 11.8 Å². The largest absolute Gasteiger partial charge is 0.454 e. The van der Waals surface area contributed by atoms with Crippen molar-refractivity contribution in [3.05, 3.63) is 91.3 Å². The minimum Gasteiger partial charge on any atom is -0.454 e. The zero-order valence-corrected chi connectivity index (χ0v) is 30.2. The van der Waals surface area contributed by atoms with E-state index in [0.29, 0.717) is 71.1 Å². The molecule has 0 unspecified atom stereocenters. The van der Waals surface area contributed by atoms with Gasteiger partial charge in [-0.05, 0) is 74.0 Å². The van der Waals surface area contributed by atoms with E-state index in [1.165, 1.54) is 12.8 Å². The highest BCUT2D eigenvalue weighted by molar-refractivity contribution is 5.91. The molecule has 1 fully saturated rings. The fraction of sp³-hybridized carbons (Fsp3) is 0.268. The van der Waals surface area contributed by atoms with Gasteiger partial charge in [0.1, 0.15) is 28.7 Å². The monoisotopic (exact) mass is 722 g/mol. The van der Waals surface area contributed by atoms with Crippen LogP contribution in [0.5, 0.6) is 0 Å². The number of imidazole rings is 2. The smallest absolute Gasteiger partial charge is 0.313 e. The molecule has 0 radical (unpaired) electrons. The molecule has 13 heteroatoms. The molecule has 272 valence electrons. The Labute approximate surface area is 310 Å². The fourth-order valence-electron chi connectivity index (χ4n) is 6.92. The molecule has 2 amide bonds. The van der Waals surface area contributed by atoms with Crippen molar-refractivity contribution < 1.29 is 23.0 Å². The number of nitrogens with one attached hydrogen (secondary N) is 2. The van der Waals surface area contributed by atoms with Gasteiger partial charge in [-0.15, -0.1) is 5.10 Å². The number of carbonyl (C=O) groups is 2. The third-order valence-corrected chi connectivity index (χ3v) is 10.2. The summed E-state index contributed by atoms with van der Waals surface area (Å²) < 4.78 is 18.3. The minimum absolute atomic E-state index is 0.0343. The molecule has 13 nitrogen and oxygen atoms in total. The van der Waals surface area contributed by atoms with Crippen LogP contribution in [0, 0.1) is 5.92 Å². The Morgan fingerprint density at radius 1 is 0.796 bits per heavy atom. The first kappa shape index (κ1) is 33.5. The average molecular weight is 723 g/mol. The van der Waals surface area contributed by atoms with Crippen molar-refractivity contribution in [1.82, 2.24) is 29.1 Å². The SMILES string of the molecule is CCN(CC)CCC(=O)Nc1ccc2n(n1)c(-c1cc3ccccc3o1)c[n+]2-c1ccc2cc(-c3cnc4ccc(NC(=O)CCC5CC5)nn34)oc2c1. The number of aromatic nitrogens is 6. The topological polar surface area (TPSA) is 139 Å². The standard InChI is InChI=1S/C41H39N9O4/c1-3-47(4-2)20-19-40(52)44-37-15-18-41-48(25-31(50(41)46-37)35-21-27-7-5-6-8-32(27)53-35)29-13-12-28-22-34(54-33(28)23-29)30-24-42-38-16-14-36(45-49(30)38)43-39(51)17-11-26-9-10-26/h5-8,12-16,18,21-26H,3-4,9-11,17,19-20H2,1-2H3,(H-,43,44,45,46,51,52)/p+1. The van der Waals surface area contributed by atoms with Crippen LogP contribution in [-0.2, 0) is 9.59 Å². The predicted octanol–water partition coefficient (Wildman–Crippen LogP) is 7.28. The van der Waals surface area contributed by atoms with Gasteiger partial charge in [-0.2, -0.15) is 4.57 Å². The van der Waals surface area contributed by atoms with E-state index in [2.05, 4.69) is 39.5 Å². The molecular weight excluding hydrogens is 683 g/mol. The summed E-state index contributed by atoms with van der Waals surface area (Å²) in [6.07, 6.45) is 7.92. The normalized spacial score (nSPS) is 13.2. The molecule has 0 saturated heterocycles. The first-order chi connectivity index (χ1) is 26.4. The number of fused-ring (bicyclic) bond motifs is 4. The summed E-state index contributed by atoms with van der Waals surface area (Å²) >= 11 is 0. The molecule has 0 bridgehead atoms. The maximum Gasteiger partial charge on any atom is 0.313 e. The quantitative estimate of drug-likeness (QED) is 0.119. The highest BCUT2D eigenvalue weighted by atomic mass is 16.3. The van der Waals surface area contributed by atoms with Crippen LogP contribution in [0.3, 0.4) is 0 Å². The number of hydrogen-bond donors (Lipinski definition) is 2. The van der Waals surface area contributed by atoms with E-state index in [0.717, 1.165) is 47.2 Å². The highest BCUT2D eigenvalue weighted by Gasteiger charge is 2.26. The number of carbonyl (C=O) groups excluding carboxylic acids is 2. The van der Waals surface area contributed by atoms with Crippen LogP contribution in [0.15, 0.2) is 100 Å². The fourth-order valence-corrected chi connectivity index (χ4v) is 6.92. The molecule has 6 heterocycles. The molecule has 54 heavy (non-hydrogen) atoms. The molecule has 6 aromatic heterocycles. The summed E-state index contributed by atoms with van der Waals surface area (Å²) in [5.74, 6) is 2.71. The van der Waals surface area contributed by atoms with Crippen LogP contribution in [0.1, 0.15) is 46.0 Å². The van der Waals surface area contributed by atoms with Crippen molar-refractivity contribution >= 4 is 56.7 Å². The van der Waals surface area contributed by atoms with Gasteiger partial charge < -0.3 is 24.4 Å². The highest BCUT2D eigenvalue weighted by Crippen LogP contribution is 2.34. The molecule has 2 N–H and O–H groups in total. The number of para-hydroxylation sites is 1. The number of hydrogen-bond acceptors (Lipinski definition) is 8. The van der Waals surface area contributed by atoms with Crippen molar-refractivity contribution in [2.75, 3.05) is 30.3 Å². The Morgan fingerprint density at radius 3 is 2.28 bits per heavy atom. The third-order valence-electron chi connectivity index (χ3n) is 10.2. The van der Waals surface area contributed by atoms with E-state index in [9.17, 15) is 9.59 Å². The van der Waals surface area contributed by atoms with E-state index in [1.54, 1.807) is 21.3 Å². The minimum atomic E-state index is -0.0934. The molecule has 1 aliphatic rings. The Morgan fingerprint density at radius 2 is 1.50 bits per heavy atom. The Hall–Kier alpha value is -6.34. The maximum atomic E-state index is 12.9. The van der Waals surface area contributed by atoms with Gasteiger partial charge >= 0.3 is 5.65 Å². The summed E-state index contributed by atoms with van der Waals surface area (Å²) in [6.45, 7) is 6.65. The summed E-state index contributed by atoms with van der Waals surface area (Å²) in [6, 6.07) is 25.2. The van der Waals surface area contributed by atoms with Gasteiger partial charge in [0.05, 0.1) is 6.20 Å². The molecule has 9 rings (SSSR count). The number of anilines is 2. The summed E-state index contributed by atoms with van der Waals surface area (Å²) in [5, 5.41) is 17.3. The average Bonchev–Trinajstić information content (AvgIpc) is 3.48. The molecule has 0 atom stereocenters. The lowest BCUT2D eigenvalue weighted by Gasteiger charge is -2.17. The summed E-state index contributed by atoms with van der Waals surface area (Å²) in [5.41, 5.74) is 5.07. The first-order valence-electron chi connectivity index (χ1n) is 18.6. The second kappa shape index (κ2) is 13.9. The van der Waals surface area contributed by atoms with Gasteiger partial charge in [0.15, 0.2) is 28.8 Å². The summed E-state index contributed by atoms with van der Waals surface area (Å²) in [4.78, 5) is 32.2. The number of benzene rings is 2. The first-order valence-corrected chi connectivity index (χ1v) is 18.6. The van der Waals surface area contributed by atoms with Crippen LogP contribution in [-0.4, -0.2) is 60.6 Å². The van der Waals surface area contributed by atoms with Crippen LogP contribution in [0.4, 0.5) is 11.6 Å². The Bertz CT molecular complexity index is 2640. The molecule has 1 saturated carbocycles. The van der Waals surface area contributed by atoms with E-state index in [4.69, 9.17) is 13.9 Å². The molecule has 0 aliphatic heterocycles. The van der Waals surface area contributed by atoms with Gasteiger partial charge in [-0.3, -0.25) is 9.59 Å². The number of furan rings is 2. The summed E-state index contributed by atoms with van der Waals surface area (Å²) in [7, 11) is 0. The van der Waals surface area contributed by atoms with Gasteiger partial charge in [-0.25, -0.2) is 9.50 Å². The lowest BCUT2D eigenvalue weighted by atomic mass is 10.2. The van der Waals surface area contributed by atoms with Crippen molar-refractivity contribution in [1.29, 1.82) is 0 Å². The molecule has 1 aliphatic carbocycles. The number of amides is 2. The second-order valence-electron chi connectivity index (χ2n) is 13.8. The molecular formula is C41H40N9O4+. The van der Waals surface area contributed by atoms with E-state index in [1.807, 2.05) is 83.6 Å². The maximum absolute atomic E-state index is 12.9. The zero-order chi connectivity index (χ0) is 36.8. The lowest BCUT2D eigenvalue weighted by molar-refractivity contribution is -0.566. The lowest BCUT2D eigenvalue weighted by Crippen LogP contribution is -2.29. The van der Waals surface area contributed by atoms with E-state index < -0.39 is 0 Å². The van der Waals surface area contributed by atoms with Gasteiger partial charge in [0.2, 0.25) is 17.5 Å². The van der Waals surface area contributed by atoms with Crippen LogP contribution >= 0.6 is 0 Å².